The fourth-order valence-electron chi connectivity index (χ4n) is 1.25. The van der Waals surface area contributed by atoms with Gasteiger partial charge in [-0.05, 0) is 12.5 Å². The maximum absolute atomic E-state index is 10.4. The first-order valence-electron chi connectivity index (χ1n) is 5.03. The van der Waals surface area contributed by atoms with Crippen molar-refractivity contribution in [2.24, 2.45) is 0 Å². The van der Waals surface area contributed by atoms with Gasteiger partial charge in [0.15, 0.2) is 0 Å². The van der Waals surface area contributed by atoms with Crippen LogP contribution < -0.4 is 5.32 Å². The van der Waals surface area contributed by atoms with Gasteiger partial charge in [-0.3, -0.25) is 10.1 Å². The van der Waals surface area contributed by atoms with Crippen LogP contribution in [0, 0.1) is 10.1 Å². The van der Waals surface area contributed by atoms with E-state index < -0.39 is 4.92 Å². The summed E-state index contributed by atoms with van der Waals surface area (Å²) in [5, 5.41) is 13.6. The smallest absolute Gasteiger partial charge is 0.287 e. The Kier molecular flexibility index (Phi) is 4.65. The van der Waals surface area contributed by atoms with E-state index in [1.807, 2.05) is 6.92 Å². The van der Waals surface area contributed by atoms with Gasteiger partial charge in [-0.25, -0.2) is 4.98 Å². The van der Waals surface area contributed by atoms with Gasteiger partial charge in [0.25, 0.3) is 5.69 Å². The van der Waals surface area contributed by atoms with Gasteiger partial charge in [0.2, 0.25) is 0 Å². The summed E-state index contributed by atoms with van der Waals surface area (Å²) in [6.07, 6.45) is 2.13. The lowest BCUT2D eigenvalue weighted by Gasteiger charge is -2.15. The number of nitro groups is 1. The van der Waals surface area contributed by atoms with Crippen LogP contribution in [0.5, 0.6) is 0 Å². The molecule has 0 saturated heterocycles. The van der Waals surface area contributed by atoms with Crippen molar-refractivity contribution in [3.05, 3.63) is 28.4 Å². The van der Waals surface area contributed by atoms with Crippen LogP contribution in [0.1, 0.15) is 13.3 Å². The van der Waals surface area contributed by atoms with Gasteiger partial charge in [0.05, 0.1) is 17.6 Å². The molecule has 1 heterocycles. The molecule has 16 heavy (non-hydrogen) atoms. The number of pyridine rings is 1. The summed E-state index contributed by atoms with van der Waals surface area (Å²) < 4.78 is 5.03. The standard InChI is InChI=1S/C10H15N3O3/c1-3-8(7-16-2)12-10-5-4-9(6-11-10)13(14)15/h4-6,8H,3,7H2,1-2H3,(H,11,12). The molecule has 0 bridgehead atoms. The molecule has 88 valence electrons. The molecule has 0 aliphatic rings. The normalized spacial score (nSPS) is 12.1. The Morgan fingerprint density at radius 1 is 1.62 bits per heavy atom. The van der Waals surface area contributed by atoms with Crippen LogP contribution in [0.4, 0.5) is 11.5 Å². The average molecular weight is 225 g/mol. The zero-order valence-corrected chi connectivity index (χ0v) is 9.34. The summed E-state index contributed by atoms with van der Waals surface area (Å²) >= 11 is 0. The van der Waals surface area contributed by atoms with E-state index in [0.717, 1.165) is 6.42 Å². The van der Waals surface area contributed by atoms with Gasteiger partial charge in [-0.1, -0.05) is 6.92 Å². The van der Waals surface area contributed by atoms with E-state index in [-0.39, 0.29) is 11.7 Å². The number of rotatable bonds is 6. The van der Waals surface area contributed by atoms with Crippen molar-refractivity contribution in [3.63, 3.8) is 0 Å². The zero-order valence-electron chi connectivity index (χ0n) is 9.34. The van der Waals surface area contributed by atoms with Crippen LogP contribution >= 0.6 is 0 Å². The first-order chi connectivity index (χ1) is 7.67. The van der Waals surface area contributed by atoms with E-state index in [2.05, 4.69) is 10.3 Å². The Morgan fingerprint density at radius 3 is 2.81 bits per heavy atom. The molecule has 0 fully saturated rings. The van der Waals surface area contributed by atoms with E-state index >= 15 is 0 Å². The number of aromatic nitrogens is 1. The lowest BCUT2D eigenvalue weighted by molar-refractivity contribution is -0.385. The number of ether oxygens (including phenoxy) is 1. The molecule has 0 amide bonds. The van der Waals surface area contributed by atoms with Gasteiger partial charge in [-0.2, -0.15) is 0 Å². The minimum Gasteiger partial charge on any atom is -0.383 e. The van der Waals surface area contributed by atoms with E-state index in [1.165, 1.54) is 12.3 Å². The average Bonchev–Trinajstić information content (AvgIpc) is 2.29. The predicted molar refractivity (Wildman–Crippen MR) is 60.5 cm³/mol. The molecule has 0 aliphatic heterocycles. The first kappa shape index (κ1) is 12.4. The molecule has 1 N–H and O–H groups in total. The molecular weight excluding hydrogens is 210 g/mol. The molecule has 0 spiro atoms. The molecule has 1 rings (SSSR count). The van der Waals surface area contributed by atoms with Crippen LogP contribution in [-0.2, 0) is 4.74 Å². The molecule has 1 atom stereocenters. The fraction of sp³-hybridized carbons (Fsp3) is 0.500. The molecule has 0 aliphatic carbocycles. The number of nitrogens with zero attached hydrogens (tertiary/aromatic N) is 2. The Labute approximate surface area is 93.8 Å². The number of hydrogen-bond donors (Lipinski definition) is 1. The fourth-order valence-corrected chi connectivity index (χ4v) is 1.25. The van der Waals surface area contributed by atoms with E-state index in [1.54, 1.807) is 13.2 Å². The molecular formula is C10H15N3O3. The summed E-state index contributed by atoms with van der Waals surface area (Å²) in [5.74, 6) is 0.620. The molecule has 6 heteroatoms. The number of hydrogen-bond acceptors (Lipinski definition) is 5. The number of methoxy groups -OCH3 is 1. The topological polar surface area (TPSA) is 77.3 Å². The van der Waals surface area contributed by atoms with Crippen molar-refractivity contribution in [1.82, 2.24) is 4.98 Å². The SMILES string of the molecule is CCC(COC)Nc1ccc([N+](=O)[O-])cn1. The molecule has 0 radical (unpaired) electrons. The largest absolute Gasteiger partial charge is 0.383 e. The second kappa shape index (κ2) is 6.02. The predicted octanol–water partition coefficient (Wildman–Crippen LogP) is 1.83. The van der Waals surface area contributed by atoms with Gasteiger partial charge in [0.1, 0.15) is 12.0 Å². The summed E-state index contributed by atoms with van der Waals surface area (Å²) in [5.41, 5.74) is -0.00894. The molecule has 1 aromatic rings. The third-order valence-electron chi connectivity index (χ3n) is 2.17. The molecule has 1 unspecified atom stereocenters. The maximum Gasteiger partial charge on any atom is 0.287 e. The molecule has 1 aromatic heterocycles. The quantitative estimate of drug-likeness (QED) is 0.590. The zero-order chi connectivity index (χ0) is 12.0. The second-order valence-electron chi connectivity index (χ2n) is 3.36. The Hall–Kier alpha value is -1.69. The van der Waals surface area contributed by atoms with Gasteiger partial charge < -0.3 is 10.1 Å². The highest BCUT2D eigenvalue weighted by atomic mass is 16.6. The van der Waals surface area contributed by atoms with Crippen molar-refractivity contribution < 1.29 is 9.66 Å². The van der Waals surface area contributed by atoms with Crippen molar-refractivity contribution in [3.8, 4) is 0 Å². The monoisotopic (exact) mass is 225 g/mol. The summed E-state index contributed by atoms with van der Waals surface area (Å²) in [4.78, 5) is 13.9. The van der Waals surface area contributed by atoms with E-state index in [9.17, 15) is 10.1 Å². The van der Waals surface area contributed by atoms with Gasteiger partial charge in [-0.15, -0.1) is 0 Å². The van der Waals surface area contributed by atoms with E-state index in [0.29, 0.717) is 12.4 Å². The van der Waals surface area contributed by atoms with Crippen molar-refractivity contribution in [2.75, 3.05) is 19.0 Å². The van der Waals surface area contributed by atoms with E-state index in [4.69, 9.17) is 4.74 Å². The Morgan fingerprint density at radius 2 is 2.38 bits per heavy atom. The lowest BCUT2D eigenvalue weighted by Crippen LogP contribution is -2.24. The highest BCUT2D eigenvalue weighted by molar-refractivity contribution is 5.40. The van der Waals surface area contributed by atoms with Crippen molar-refractivity contribution in [2.45, 2.75) is 19.4 Å². The highest BCUT2D eigenvalue weighted by Gasteiger charge is 2.08. The third kappa shape index (κ3) is 3.47. The first-order valence-corrected chi connectivity index (χ1v) is 5.03. The summed E-state index contributed by atoms with van der Waals surface area (Å²) in [7, 11) is 1.63. The highest BCUT2D eigenvalue weighted by Crippen LogP contribution is 2.13. The van der Waals surface area contributed by atoms with Crippen LogP contribution in [0.3, 0.4) is 0 Å². The Balaban J connectivity index is 2.63. The summed E-state index contributed by atoms with van der Waals surface area (Å²) in [6, 6.07) is 3.18. The second-order valence-corrected chi connectivity index (χ2v) is 3.36. The minimum absolute atomic E-state index is 0.00894. The van der Waals surface area contributed by atoms with Crippen LogP contribution in [0.25, 0.3) is 0 Å². The lowest BCUT2D eigenvalue weighted by atomic mass is 10.2. The number of anilines is 1. The third-order valence-corrected chi connectivity index (χ3v) is 2.17. The van der Waals surface area contributed by atoms with Gasteiger partial charge >= 0.3 is 0 Å². The molecule has 6 nitrogen and oxygen atoms in total. The van der Waals surface area contributed by atoms with Gasteiger partial charge in [0, 0.05) is 13.2 Å². The molecule has 0 aromatic carbocycles. The Bertz CT molecular complexity index is 340. The maximum atomic E-state index is 10.4. The van der Waals surface area contributed by atoms with Crippen molar-refractivity contribution in [1.29, 1.82) is 0 Å². The number of nitrogens with one attached hydrogen (secondary N) is 1. The van der Waals surface area contributed by atoms with Crippen LogP contribution in [-0.4, -0.2) is 29.7 Å². The van der Waals surface area contributed by atoms with Crippen molar-refractivity contribution >= 4 is 11.5 Å². The minimum atomic E-state index is -0.469. The summed E-state index contributed by atoms with van der Waals surface area (Å²) in [6.45, 7) is 2.61. The van der Waals surface area contributed by atoms with Crippen LogP contribution in [0.2, 0.25) is 0 Å². The molecule has 0 saturated carbocycles. The van der Waals surface area contributed by atoms with Crippen LogP contribution in [0.15, 0.2) is 18.3 Å².